The molecule has 2 saturated heterocycles. The van der Waals surface area contributed by atoms with Crippen molar-refractivity contribution < 1.29 is 27.5 Å². The number of halogens is 3. The van der Waals surface area contributed by atoms with Crippen molar-refractivity contribution in [1.29, 1.82) is 0 Å². The van der Waals surface area contributed by atoms with Crippen molar-refractivity contribution in [1.82, 2.24) is 10.2 Å². The lowest BCUT2D eigenvalue weighted by molar-refractivity contribution is -0.150. The number of ether oxygens (including phenoxy) is 1. The molecule has 2 amide bonds. The van der Waals surface area contributed by atoms with Gasteiger partial charge in [0.2, 0.25) is 11.8 Å². The minimum atomic E-state index is -4.46. The van der Waals surface area contributed by atoms with Crippen molar-refractivity contribution in [2.45, 2.75) is 62.9 Å². The first-order chi connectivity index (χ1) is 17.0. The second-order valence-corrected chi connectivity index (χ2v) is 9.99. The number of alkyl halides is 3. The second kappa shape index (κ2) is 9.86. The number of piperidine rings is 1. The molecule has 6 nitrogen and oxygen atoms in total. The Kier molecular flexibility index (Phi) is 7.16. The minimum absolute atomic E-state index is 0.0350. The van der Waals surface area contributed by atoms with Crippen LogP contribution in [0.15, 0.2) is 48.5 Å². The molecule has 4 rings (SSSR count). The van der Waals surface area contributed by atoms with Gasteiger partial charge in [-0.15, -0.1) is 0 Å². The van der Waals surface area contributed by atoms with Crippen molar-refractivity contribution in [3.05, 3.63) is 70.8 Å². The van der Waals surface area contributed by atoms with E-state index in [1.165, 1.54) is 0 Å². The highest BCUT2D eigenvalue weighted by atomic mass is 19.4. The summed E-state index contributed by atoms with van der Waals surface area (Å²) in [4.78, 5) is 27.0. The summed E-state index contributed by atoms with van der Waals surface area (Å²) in [6.45, 7) is 3.49. The summed E-state index contributed by atoms with van der Waals surface area (Å²) in [6.07, 6.45) is -2.92. The number of carbonyl (C=O) groups is 2. The normalized spacial score (nSPS) is 25.2. The maximum absolute atomic E-state index is 13.4. The fraction of sp³-hybridized carbons (Fsp3) is 0.481. The van der Waals surface area contributed by atoms with Crippen LogP contribution < -0.4 is 11.1 Å². The number of nitrogens with zero attached hydrogens (tertiary/aromatic N) is 1. The average Bonchev–Trinajstić information content (AvgIpc) is 3.22. The Hall–Kier alpha value is -2.91. The molecule has 9 heteroatoms. The highest BCUT2D eigenvalue weighted by Crippen LogP contribution is 2.45. The van der Waals surface area contributed by atoms with Crippen LogP contribution in [0, 0.1) is 6.92 Å². The predicted octanol–water partition coefficient (Wildman–Crippen LogP) is 4.22. The molecule has 2 aliphatic rings. The van der Waals surface area contributed by atoms with Gasteiger partial charge in [0.05, 0.1) is 35.9 Å². The number of benzene rings is 2. The molecule has 2 aromatic rings. The van der Waals surface area contributed by atoms with Crippen LogP contribution in [0.1, 0.15) is 61.0 Å². The van der Waals surface area contributed by atoms with Gasteiger partial charge in [0.25, 0.3) is 0 Å². The van der Waals surface area contributed by atoms with Gasteiger partial charge in [0.1, 0.15) is 0 Å². The molecule has 2 fully saturated rings. The summed E-state index contributed by atoms with van der Waals surface area (Å²) in [5.41, 5.74) is 5.47. The van der Waals surface area contributed by atoms with Gasteiger partial charge in [-0.1, -0.05) is 42.0 Å². The summed E-state index contributed by atoms with van der Waals surface area (Å²) < 4.78 is 46.4. The van der Waals surface area contributed by atoms with E-state index in [2.05, 4.69) is 5.32 Å². The number of hydrogen-bond donors (Lipinski definition) is 2. The third-order valence-corrected chi connectivity index (χ3v) is 7.49. The van der Waals surface area contributed by atoms with E-state index < -0.39 is 28.9 Å². The Bertz CT molecular complexity index is 1120. The number of nitrogens with two attached hydrogens (primary N) is 1. The lowest BCUT2D eigenvalue weighted by atomic mass is 9.74. The summed E-state index contributed by atoms with van der Waals surface area (Å²) in [6, 6.07) is 13.4. The first-order valence-electron chi connectivity index (χ1n) is 12.2. The fourth-order valence-corrected chi connectivity index (χ4v) is 5.48. The zero-order valence-electron chi connectivity index (χ0n) is 20.5. The molecule has 3 N–H and O–H groups in total. The smallest absolute Gasteiger partial charge is 0.371 e. The van der Waals surface area contributed by atoms with Crippen LogP contribution in [-0.4, -0.2) is 41.9 Å². The Morgan fingerprint density at radius 2 is 1.89 bits per heavy atom. The number of rotatable bonds is 6. The topological polar surface area (TPSA) is 84.7 Å². The number of aryl methyl sites for hydroxylation is 1. The largest absolute Gasteiger partial charge is 0.416 e. The van der Waals surface area contributed by atoms with Gasteiger partial charge in [-0.05, 0) is 56.4 Å². The van der Waals surface area contributed by atoms with Crippen molar-refractivity contribution >= 4 is 11.8 Å². The molecule has 0 saturated carbocycles. The molecule has 194 valence electrons. The number of likely N-dealkylation sites (tertiary alicyclic amines) is 1. The zero-order valence-corrected chi connectivity index (χ0v) is 20.5. The Morgan fingerprint density at radius 3 is 2.50 bits per heavy atom. The van der Waals surface area contributed by atoms with Crippen LogP contribution in [0.25, 0.3) is 0 Å². The Balaban J connectivity index is 1.67. The van der Waals surface area contributed by atoms with Crippen LogP contribution in [0.2, 0.25) is 0 Å². The second-order valence-electron chi connectivity index (χ2n) is 9.99. The van der Waals surface area contributed by atoms with Gasteiger partial charge in [-0.25, -0.2) is 0 Å². The van der Waals surface area contributed by atoms with Crippen molar-refractivity contribution in [2.75, 3.05) is 19.7 Å². The summed E-state index contributed by atoms with van der Waals surface area (Å²) in [7, 11) is 0. The Labute approximate surface area is 209 Å². The van der Waals surface area contributed by atoms with Crippen LogP contribution >= 0.6 is 0 Å². The number of amides is 2. The summed E-state index contributed by atoms with van der Waals surface area (Å²) >= 11 is 0. The third-order valence-electron chi connectivity index (χ3n) is 7.49. The van der Waals surface area contributed by atoms with Gasteiger partial charge in [0.15, 0.2) is 0 Å². The molecule has 36 heavy (non-hydrogen) atoms. The third kappa shape index (κ3) is 5.13. The van der Waals surface area contributed by atoms with Crippen LogP contribution in [0.3, 0.4) is 0 Å². The summed E-state index contributed by atoms with van der Waals surface area (Å²) in [5, 5.41) is 3.06. The molecule has 3 atom stereocenters. The van der Waals surface area contributed by atoms with E-state index in [0.29, 0.717) is 43.4 Å². The summed E-state index contributed by atoms with van der Waals surface area (Å²) in [5.74, 6) is -0.308. The molecular weight excluding hydrogens is 471 g/mol. The highest BCUT2D eigenvalue weighted by Gasteiger charge is 2.52. The average molecular weight is 504 g/mol. The maximum Gasteiger partial charge on any atom is 0.416 e. The number of nitrogens with one attached hydrogen (secondary N) is 1. The lowest BCUT2D eigenvalue weighted by Gasteiger charge is -2.53. The zero-order chi connectivity index (χ0) is 26.1. The van der Waals surface area contributed by atoms with Crippen LogP contribution in [0.5, 0.6) is 0 Å². The first-order valence-corrected chi connectivity index (χ1v) is 12.2. The molecule has 0 bridgehead atoms. The van der Waals surface area contributed by atoms with Crippen molar-refractivity contribution in [2.24, 2.45) is 5.73 Å². The van der Waals surface area contributed by atoms with E-state index in [0.717, 1.165) is 17.7 Å². The highest BCUT2D eigenvalue weighted by molar-refractivity contribution is 5.82. The van der Waals surface area contributed by atoms with Gasteiger partial charge in [-0.3, -0.25) is 9.59 Å². The number of hydrogen-bond acceptors (Lipinski definition) is 4. The molecule has 2 aliphatic heterocycles. The quantitative estimate of drug-likeness (QED) is 0.619. The maximum atomic E-state index is 13.4. The van der Waals surface area contributed by atoms with Gasteiger partial charge in [0, 0.05) is 13.0 Å². The fourth-order valence-electron chi connectivity index (χ4n) is 5.48. The van der Waals surface area contributed by atoms with E-state index in [4.69, 9.17) is 10.5 Å². The molecule has 2 aromatic carbocycles. The standard InChI is InChI=1S/C27H32F3N3O3/c1-18-12-20(14-22(13-18)27(28,29)30)19(2)36-17-26(21-6-4-3-5-7-21)11-10-25(9-8-23(34)32-25)16-33(26)24(35)15-31/h3-7,12-14,19H,8-11,15-17,31H2,1-2H3,(H,32,34)/t19-,25-,26-/m1/s1. The molecule has 0 radical (unpaired) electrons. The molecule has 0 aliphatic carbocycles. The van der Waals surface area contributed by atoms with Gasteiger partial charge >= 0.3 is 6.18 Å². The van der Waals surface area contributed by atoms with E-state index in [1.807, 2.05) is 30.3 Å². The molecule has 0 aromatic heterocycles. The van der Waals surface area contributed by atoms with E-state index in [-0.39, 0.29) is 25.0 Å². The monoisotopic (exact) mass is 503 g/mol. The van der Waals surface area contributed by atoms with Crippen molar-refractivity contribution in [3.8, 4) is 0 Å². The van der Waals surface area contributed by atoms with Gasteiger partial charge in [-0.2, -0.15) is 13.2 Å². The molecule has 0 unspecified atom stereocenters. The minimum Gasteiger partial charge on any atom is -0.371 e. The van der Waals surface area contributed by atoms with E-state index in [1.54, 1.807) is 24.8 Å². The van der Waals surface area contributed by atoms with E-state index in [9.17, 15) is 22.8 Å². The number of carbonyl (C=O) groups excluding carboxylic acids is 2. The van der Waals surface area contributed by atoms with Crippen LogP contribution in [-0.2, 0) is 26.0 Å². The predicted molar refractivity (Wildman–Crippen MR) is 129 cm³/mol. The first kappa shape index (κ1) is 26.2. The van der Waals surface area contributed by atoms with E-state index >= 15 is 0 Å². The van der Waals surface area contributed by atoms with Crippen LogP contribution in [0.4, 0.5) is 13.2 Å². The van der Waals surface area contributed by atoms with Crippen molar-refractivity contribution in [3.63, 3.8) is 0 Å². The SMILES string of the molecule is Cc1cc([C@@H](C)OC[C@@]2(c3ccccc3)CC[C@]3(CCC(=O)N3)CN2C(=O)CN)cc(C(F)(F)F)c1. The molecular formula is C27H32F3N3O3. The van der Waals surface area contributed by atoms with Gasteiger partial charge < -0.3 is 20.7 Å². The lowest BCUT2D eigenvalue weighted by Crippen LogP contribution is -2.65. The Morgan fingerprint density at radius 1 is 1.17 bits per heavy atom. The molecule has 2 heterocycles. The molecule has 1 spiro atoms.